The highest BCUT2D eigenvalue weighted by Crippen LogP contribution is 2.17. The van der Waals surface area contributed by atoms with Gasteiger partial charge in [0.15, 0.2) is 0 Å². The van der Waals surface area contributed by atoms with Gasteiger partial charge < -0.3 is 0 Å². The van der Waals surface area contributed by atoms with Gasteiger partial charge in [0.05, 0.1) is 11.9 Å². The van der Waals surface area contributed by atoms with E-state index in [-0.39, 0.29) is 11.5 Å². The quantitative estimate of drug-likeness (QED) is 0.573. The molecule has 0 aliphatic carbocycles. The zero-order chi connectivity index (χ0) is 16.1. The van der Waals surface area contributed by atoms with Crippen LogP contribution in [-0.4, -0.2) is 27.3 Å². The monoisotopic (exact) mass is 309 g/mol. The molecule has 0 unspecified atom stereocenters. The van der Waals surface area contributed by atoms with Crippen molar-refractivity contribution < 1.29 is 9.18 Å². The number of aromatic nitrogens is 3. The maximum atomic E-state index is 12.9. The smallest absolute Gasteiger partial charge is 0.272 e. The number of rotatable bonds is 4. The molecule has 1 amide bonds. The van der Waals surface area contributed by atoms with Crippen molar-refractivity contribution in [3.8, 4) is 11.3 Å². The molecule has 1 aromatic carbocycles. The first-order valence-electron chi connectivity index (χ1n) is 6.77. The largest absolute Gasteiger partial charge is 0.289 e. The van der Waals surface area contributed by atoms with Gasteiger partial charge in [0.2, 0.25) is 0 Å². The standard InChI is InChI=1S/C16H12FN5O/c17-13-3-1-12(2-4-13)14-9-15(21-20-14)16(23)22-19-10-11-5-7-18-8-6-11/h1-10H,(H,20,21)(H,22,23)/b19-10+. The fraction of sp³-hybridized carbons (Fsp3) is 0. The lowest BCUT2D eigenvalue weighted by molar-refractivity contribution is 0.0950. The highest BCUT2D eigenvalue weighted by atomic mass is 19.1. The predicted octanol–water partition coefficient (Wildman–Crippen LogP) is 2.37. The number of carbonyl (C=O) groups is 1. The van der Waals surface area contributed by atoms with Crippen LogP contribution in [0, 0.1) is 5.82 Å². The van der Waals surface area contributed by atoms with Crippen molar-refractivity contribution in [1.29, 1.82) is 0 Å². The van der Waals surface area contributed by atoms with E-state index < -0.39 is 5.91 Å². The molecule has 114 valence electrons. The Labute approximate surface area is 131 Å². The van der Waals surface area contributed by atoms with Crippen molar-refractivity contribution >= 4 is 12.1 Å². The summed E-state index contributed by atoms with van der Waals surface area (Å²) in [6, 6.07) is 11.0. The summed E-state index contributed by atoms with van der Waals surface area (Å²) in [5.41, 5.74) is 4.74. The van der Waals surface area contributed by atoms with E-state index in [1.54, 1.807) is 42.7 Å². The molecule has 0 fully saturated rings. The van der Waals surface area contributed by atoms with Gasteiger partial charge in [0.1, 0.15) is 11.5 Å². The summed E-state index contributed by atoms with van der Waals surface area (Å²) in [7, 11) is 0. The molecule has 2 N–H and O–H groups in total. The number of hydrazone groups is 1. The predicted molar refractivity (Wildman–Crippen MR) is 83.3 cm³/mol. The minimum atomic E-state index is -0.420. The Bertz CT molecular complexity index is 827. The van der Waals surface area contributed by atoms with Gasteiger partial charge >= 0.3 is 0 Å². The molecule has 0 atom stereocenters. The van der Waals surface area contributed by atoms with E-state index in [1.165, 1.54) is 18.3 Å². The first kappa shape index (κ1) is 14.6. The van der Waals surface area contributed by atoms with Crippen LogP contribution in [0.1, 0.15) is 16.1 Å². The zero-order valence-electron chi connectivity index (χ0n) is 11.9. The number of aromatic amines is 1. The van der Waals surface area contributed by atoms with Crippen LogP contribution in [0.5, 0.6) is 0 Å². The highest BCUT2D eigenvalue weighted by Gasteiger charge is 2.10. The number of carbonyl (C=O) groups excluding carboxylic acids is 1. The Morgan fingerprint density at radius 3 is 2.65 bits per heavy atom. The summed E-state index contributed by atoms with van der Waals surface area (Å²) in [6.45, 7) is 0. The van der Waals surface area contributed by atoms with Gasteiger partial charge in [-0.1, -0.05) is 0 Å². The van der Waals surface area contributed by atoms with Crippen LogP contribution in [0.2, 0.25) is 0 Å². The molecular formula is C16H12FN5O. The fourth-order valence-electron chi connectivity index (χ4n) is 1.88. The summed E-state index contributed by atoms with van der Waals surface area (Å²) in [5, 5.41) is 10.5. The second-order valence-electron chi connectivity index (χ2n) is 4.65. The van der Waals surface area contributed by atoms with Crippen LogP contribution >= 0.6 is 0 Å². The lowest BCUT2D eigenvalue weighted by Crippen LogP contribution is -2.17. The average molecular weight is 309 g/mol. The number of nitrogens with one attached hydrogen (secondary N) is 2. The number of amides is 1. The van der Waals surface area contributed by atoms with Crippen LogP contribution in [0.3, 0.4) is 0 Å². The molecule has 0 radical (unpaired) electrons. The van der Waals surface area contributed by atoms with Crippen molar-refractivity contribution in [1.82, 2.24) is 20.6 Å². The Morgan fingerprint density at radius 2 is 1.91 bits per heavy atom. The van der Waals surface area contributed by atoms with E-state index in [0.717, 1.165) is 5.56 Å². The normalized spacial score (nSPS) is 10.8. The van der Waals surface area contributed by atoms with Crippen molar-refractivity contribution in [3.63, 3.8) is 0 Å². The second-order valence-corrected chi connectivity index (χ2v) is 4.65. The molecule has 0 saturated heterocycles. The van der Waals surface area contributed by atoms with E-state index in [9.17, 15) is 9.18 Å². The van der Waals surface area contributed by atoms with Crippen LogP contribution < -0.4 is 5.43 Å². The molecule has 0 aliphatic rings. The first-order chi connectivity index (χ1) is 11.2. The van der Waals surface area contributed by atoms with Crippen molar-refractivity contribution in [3.05, 3.63) is 71.9 Å². The molecule has 0 aliphatic heterocycles. The lowest BCUT2D eigenvalue weighted by atomic mass is 10.1. The SMILES string of the molecule is O=C(N/N=C/c1ccncc1)c1cc(-c2ccc(F)cc2)n[nH]1. The second kappa shape index (κ2) is 6.61. The number of benzene rings is 1. The number of halogens is 1. The van der Waals surface area contributed by atoms with Gasteiger partial charge in [-0.25, -0.2) is 9.82 Å². The van der Waals surface area contributed by atoms with E-state index in [1.807, 2.05) is 0 Å². The molecule has 3 aromatic rings. The van der Waals surface area contributed by atoms with Crippen molar-refractivity contribution in [2.45, 2.75) is 0 Å². The Morgan fingerprint density at radius 1 is 1.17 bits per heavy atom. The molecule has 2 heterocycles. The molecule has 7 heteroatoms. The van der Waals surface area contributed by atoms with Crippen LogP contribution in [0.25, 0.3) is 11.3 Å². The van der Waals surface area contributed by atoms with Crippen LogP contribution in [0.15, 0.2) is 60.0 Å². The number of pyridine rings is 1. The Balaban J connectivity index is 1.67. The summed E-state index contributed by atoms with van der Waals surface area (Å²) in [6.07, 6.45) is 4.77. The third-order valence-corrected chi connectivity index (χ3v) is 3.05. The number of hydrogen-bond acceptors (Lipinski definition) is 4. The third-order valence-electron chi connectivity index (χ3n) is 3.05. The van der Waals surface area contributed by atoms with E-state index in [4.69, 9.17) is 0 Å². The van der Waals surface area contributed by atoms with E-state index in [2.05, 4.69) is 25.7 Å². The molecular weight excluding hydrogens is 297 g/mol. The number of hydrogen-bond donors (Lipinski definition) is 2. The van der Waals surface area contributed by atoms with Crippen LogP contribution in [0.4, 0.5) is 4.39 Å². The van der Waals surface area contributed by atoms with Gasteiger partial charge in [-0.2, -0.15) is 10.2 Å². The molecule has 23 heavy (non-hydrogen) atoms. The Hall–Kier alpha value is -3.35. The zero-order valence-corrected chi connectivity index (χ0v) is 11.9. The summed E-state index contributed by atoms with van der Waals surface area (Å²) >= 11 is 0. The first-order valence-corrected chi connectivity index (χ1v) is 6.77. The maximum absolute atomic E-state index is 12.9. The molecule has 6 nitrogen and oxygen atoms in total. The van der Waals surface area contributed by atoms with Gasteiger partial charge in [0.25, 0.3) is 5.91 Å². The van der Waals surface area contributed by atoms with E-state index >= 15 is 0 Å². The van der Waals surface area contributed by atoms with Gasteiger partial charge in [-0.3, -0.25) is 14.9 Å². The number of H-pyrrole nitrogens is 1. The summed E-state index contributed by atoms with van der Waals surface area (Å²) in [4.78, 5) is 15.9. The maximum Gasteiger partial charge on any atom is 0.289 e. The fourth-order valence-corrected chi connectivity index (χ4v) is 1.88. The van der Waals surface area contributed by atoms with Gasteiger partial charge in [-0.15, -0.1) is 0 Å². The van der Waals surface area contributed by atoms with Gasteiger partial charge in [0, 0.05) is 18.0 Å². The Kier molecular flexibility index (Phi) is 4.19. The molecule has 3 rings (SSSR count). The minimum absolute atomic E-state index is 0.260. The van der Waals surface area contributed by atoms with Crippen molar-refractivity contribution in [2.24, 2.45) is 5.10 Å². The lowest BCUT2D eigenvalue weighted by Gasteiger charge is -1.96. The average Bonchev–Trinajstić information content (AvgIpc) is 3.06. The summed E-state index contributed by atoms with van der Waals surface area (Å²) < 4.78 is 12.9. The third kappa shape index (κ3) is 3.65. The summed E-state index contributed by atoms with van der Waals surface area (Å²) in [5.74, 6) is -0.746. The van der Waals surface area contributed by atoms with Crippen LogP contribution in [-0.2, 0) is 0 Å². The molecule has 0 saturated carbocycles. The number of nitrogens with zero attached hydrogens (tertiary/aromatic N) is 3. The van der Waals surface area contributed by atoms with E-state index in [0.29, 0.717) is 11.3 Å². The topological polar surface area (TPSA) is 83.0 Å². The van der Waals surface area contributed by atoms with Gasteiger partial charge in [-0.05, 0) is 48.0 Å². The minimum Gasteiger partial charge on any atom is -0.272 e. The highest BCUT2D eigenvalue weighted by molar-refractivity contribution is 5.94. The molecule has 2 aromatic heterocycles. The molecule has 0 bridgehead atoms. The van der Waals surface area contributed by atoms with Crippen molar-refractivity contribution in [2.75, 3.05) is 0 Å². The molecule has 0 spiro atoms.